The van der Waals surface area contributed by atoms with Crippen LogP contribution in [0.5, 0.6) is 0 Å². The molecule has 1 saturated carbocycles. The van der Waals surface area contributed by atoms with E-state index in [9.17, 15) is 19.5 Å². The Kier molecular flexibility index (Phi) is 5.90. The quantitative estimate of drug-likeness (QED) is 0.470. The number of aryl methyl sites for hydroxylation is 1. The van der Waals surface area contributed by atoms with Crippen LogP contribution in [0.25, 0.3) is 0 Å². The van der Waals surface area contributed by atoms with Crippen molar-refractivity contribution in [1.29, 1.82) is 0 Å². The Morgan fingerprint density at radius 2 is 1.31 bits per heavy atom. The summed E-state index contributed by atoms with van der Waals surface area (Å²) < 4.78 is 0. The fourth-order valence-electron chi connectivity index (χ4n) is 4.84. The van der Waals surface area contributed by atoms with Gasteiger partial charge >= 0.3 is 0 Å². The first-order chi connectivity index (χ1) is 15.3. The number of aliphatic hydroxyl groups is 1. The lowest BCUT2D eigenvalue weighted by molar-refractivity contribution is -0.134. The molecule has 1 fully saturated rings. The van der Waals surface area contributed by atoms with Crippen LogP contribution in [0, 0.1) is 18.8 Å². The molecule has 162 valence electrons. The molecular weight excluding hydrogens is 400 g/mol. The normalized spacial score (nSPS) is 25.3. The van der Waals surface area contributed by atoms with Crippen LogP contribution in [-0.2, 0) is 4.79 Å². The molecule has 1 aliphatic rings. The van der Waals surface area contributed by atoms with Gasteiger partial charge in [-0.25, -0.2) is 0 Å². The Bertz CT molecular complexity index is 1130. The third-order valence-corrected chi connectivity index (χ3v) is 6.41. The molecule has 4 rings (SSSR count). The van der Waals surface area contributed by atoms with E-state index in [2.05, 4.69) is 0 Å². The van der Waals surface area contributed by atoms with Crippen LogP contribution in [0.1, 0.15) is 51.1 Å². The van der Waals surface area contributed by atoms with E-state index in [1.165, 1.54) is 6.92 Å². The first-order valence-corrected chi connectivity index (χ1v) is 10.8. The zero-order chi connectivity index (χ0) is 22.9. The molecule has 1 aliphatic carbocycles. The molecule has 4 nitrogen and oxygen atoms in total. The van der Waals surface area contributed by atoms with Crippen LogP contribution in [-0.4, -0.2) is 28.1 Å². The van der Waals surface area contributed by atoms with Crippen LogP contribution in [0.15, 0.2) is 84.9 Å². The summed E-state index contributed by atoms with van der Waals surface area (Å²) in [6.45, 7) is 3.48. The van der Waals surface area contributed by atoms with Gasteiger partial charge in [0.25, 0.3) is 0 Å². The second-order valence-electron chi connectivity index (χ2n) is 8.85. The molecule has 0 aliphatic heterocycles. The van der Waals surface area contributed by atoms with Gasteiger partial charge in [-0.3, -0.25) is 14.4 Å². The van der Waals surface area contributed by atoms with Crippen molar-refractivity contribution in [2.45, 2.75) is 31.8 Å². The molecule has 0 bridgehead atoms. The molecule has 4 heteroatoms. The van der Waals surface area contributed by atoms with Gasteiger partial charge < -0.3 is 5.11 Å². The van der Waals surface area contributed by atoms with Crippen molar-refractivity contribution in [3.8, 4) is 0 Å². The minimum Gasteiger partial charge on any atom is -0.389 e. The molecule has 4 atom stereocenters. The lowest BCUT2D eigenvalue weighted by Crippen LogP contribution is -2.54. The molecule has 1 N–H and O–H groups in total. The summed E-state index contributed by atoms with van der Waals surface area (Å²) in [6.07, 6.45) is -0.248. The van der Waals surface area contributed by atoms with Gasteiger partial charge in [-0.15, -0.1) is 0 Å². The molecule has 0 saturated heterocycles. The van der Waals surface area contributed by atoms with Gasteiger partial charge in [0.05, 0.1) is 17.4 Å². The maximum absolute atomic E-state index is 13.7. The average molecular weight is 427 g/mol. The molecule has 3 aromatic rings. The summed E-state index contributed by atoms with van der Waals surface area (Å²) in [5, 5.41) is 11.3. The SMILES string of the molecule is Cc1ccc([C@@H]2[C@H](C(=O)c3ccccc3)C(=O)C[C@](C)(O)[C@H]2C(=O)c2ccccc2)cc1. The van der Waals surface area contributed by atoms with Gasteiger partial charge in [0.15, 0.2) is 11.6 Å². The highest BCUT2D eigenvalue weighted by molar-refractivity contribution is 6.13. The maximum Gasteiger partial charge on any atom is 0.173 e. The van der Waals surface area contributed by atoms with E-state index in [1.54, 1.807) is 48.5 Å². The Hall–Kier alpha value is -3.37. The Morgan fingerprint density at radius 3 is 1.84 bits per heavy atom. The van der Waals surface area contributed by atoms with Crippen molar-refractivity contribution in [2.75, 3.05) is 0 Å². The number of carbonyl (C=O) groups is 3. The van der Waals surface area contributed by atoms with Crippen molar-refractivity contribution < 1.29 is 19.5 Å². The minimum atomic E-state index is -1.58. The number of hydrogen-bond acceptors (Lipinski definition) is 4. The zero-order valence-corrected chi connectivity index (χ0v) is 18.2. The van der Waals surface area contributed by atoms with Crippen molar-refractivity contribution in [3.63, 3.8) is 0 Å². The largest absolute Gasteiger partial charge is 0.389 e. The van der Waals surface area contributed by atoms with E-state index in [4.69, 9.17) is 0 Å². The van der Waals surface area contributed by atoms with E-state index < -0.39 is 23.4 Å². The van der Waals surface area contributed by atoms with Crippen LogP contribution in [0.4, 0.5) is 0 Å². The van der Waals surface area contributed by atoms with Crippen molar-refractivity contribution >= 4 is 17.3 Å². The number of benzene rings is 3. The van der Waals surface area contributed by atoms with E-state index in [0.717, 1.165) is 5.56 Å². The number of Topliss-reactive ketones (excluding diaryl/α,β-unsaturated/α-hetero) is 3. The Morgan fingerprint density at radius 1 is 0.812 bits per heavy atom. The molecule has 0 unspecified atom stereocenters. The van der Waals surface area contributed by atoms with Crippen molar-refractivity contribution in [1.82, 2.24) is 0 Å². The fraction of sp³-hybridized carbons (Fsp3) is 0.250. The predicted molar refractivity (Wildman–Crippen MR) is 123 cm³/mol. The third kappa shape index (κ3) is 4.06. The molecule has 0 aromatic heterocycles. The van der Waals surface area contributed by atoms with Gasteiger partial charge in [0.2, 0.25) is 0 Å². The van der Waals surface area contributed by atoms with E-state index >= 15 is 0 Å². The molecular formula is C28H26O4. The number of ketones is 3. The zero-order valence-electron chi connectivity index (χ0n) is 18.2. The first kappa shape index (κ1) is 21.8. The number of carbonyl (C=O) groups excluding carboxylic acids is 3. The third-order valence-electron chi connectivity index (χ3n) is 6.41. The van der Waals surface area contributed by atoms with E-state index in [-0.39, 0.29) is 23.8 Å². The van der Waals surface area contributed by atoms with Crippen LogP contribution in [0.3, 0.4) is 0 Å². The smallest absolute Gasteiger partial charge is 0.173 e. The average Bonchev–Trinajstić information content (AvgIpc) is 2.79. The summed E-state index contributed by atoms with van der Waals surface area (Å²) >= 11 is 0. The fourth-order valence-corrected chi connectivity index (χ4v) is 4.84. The van der Waals surface area contributed by atoms with Crippen LogP contribution in [0.2, 0.25) is 0 Å². The van der Waals surface area contributed by atoms with Gasteiger partial charge in [0.1, 0.15) is 5.78 Å². The van der Waals surface area contributed by atoms with Gasteiger partial charge in [-0.1, -0.05) is 90.5 Å². The predicted octanol–water partition coefficient (Wildman–Crippen LogP) is 4.80. The summed E-state index contributed by atoms with van der Waals surface area (Å²) in [7, 11) is 0. The summed E-state index contributed by atoms with van der Waals surface area (Å²) in [5.74, 6) is -3.68. The molecule has 0 spiro atoms. The topological polar surface area (TPSA) is 71.4 Å². The van der Waals surface area contributed by atoms with Crippen LogP contribution >= 0.6 is 0 Å². The molecule has 0 heterocycles. The monoisotopic (exact) mass is 426 g/mol. The highest BCUT2D eigenvalue weighted by atomic mass is 16.3. The molecule has 0 radical (unpaired) electrons. The minimum absolute atomic E-state index is 0.248. The number of hydrogen-bond donors (Lipinski definition) is 1. The standard InChI is InChI=1S/C28H26O4/c1-18-13-15-19(16-14-18)23-24(26(30)20-9-5-3-6-10-20)22(29)17-28(2,32)25(23)27(31)21-11-7-4-8-12-21/h3-16,23-25,32H,17H2,1-2H3/t23-,24-,25-,28+/m1/s1. The molecule has 32 heavy (non-hydrogen) atoms. The summed E-state index contributed by atoms with van der Waals surface area (Å²) in [5.41, 5.74) is 1.03. The maximum atomic E-state index is 13.7. The highest BCUT2D eigenvalue weighted by Gasteiger charge is 2.55. The Labute approximate surface area is 187 Å². The highest BCUT2D eigenvalue weighted by Crippen LogP contribution is 2.48. The molecule has 0 amide bonds. The van der Waals surface area contributed by atoms with Gasteiger partial charge in [-0.2, -0.15) is 0 Å². The van der Waals surface area contributed by atoms with Gasteiger partial charge in [-0.05, 0) is 19.4 Å². The van der Waals surface area contributed by atoms with E-state index in [0.29, 0.717) is 16.7 Å². The summed E-state index contributed by atoms with van der Waals surface area (Å²) in [6, 6.07) is 24.9. The van der Waals surface area contributed by atoms with Crippen molar-refractivity contribution in [2.24, 2.45) is 11.8 Å². The molecule has 3 aromatic carbocycles. The second kappa shape index (κ2) is 8.64. The summed E-state index contributed by atoms with van der Waals surface area (Å²) in [4.78, 5) is 40.5. The van der Waals surface area contributed by atoms with Gasteiger partial charge in [0, 0.05) is 23.5 Å². The van der Waals surface area contributed by atoms with Crippen LogP contribution < -0.4 is 0 Å². The van der Waals surface area contributed by atoms with E-state index in [1.807, 2.05) is 43.3 Å². The lowest BCUT2D eigenvalue weighted by atomic mass is 9.58. The first-order valence-electron chi connectivity index (χ1n) is 10.8. The number of rotatable bonds is 5. The lowest BCUT2D eigenvalue weighted by Gasteiger charge is -2.45. The van der Waals surface area contributed by atoms with Crippen molar-refractivity contribution in [3.05, 3.63) is 107 Å². The second-order valence-corrected chi connectivity index (χ2v) is 8.85. The Balaban J connectivity index is 1.89.